The predicted molar refractivity (Wildman–Crippen MR) is 98.1 cm³/mol. The Bertz CT molecular complexity index is 1010. The van der Waals surface area contributed by atoms with Gasteiger partial charge in [0.2, 0.25) is 0 Å². The fourth-order valence-electron chi connectivity index (χ4n) is 2.53. The highest BCUT2D eigenvalue weighted by atomic mass is 32.2. The summed E-state index contributed by atoms with van der Waals surface area (Å²) in [6, 6.07) is 5.98. The van der Waals surface area contributed by atoms with Gasteiger partial charge >= 0.3 is 5.97 Å². The van der Waals surface area contributed by atoms with Gasteiger partial charge in [-0.05, 0) is 23.3 Å². The van der Waals surface area contributed by atoms with E-state index in [2.05, 4.69) is 10.1 Å². The molecule has 140 valence electrons. The van der Waals surface area contributed by atoms with Gasteiger partial charge < -0.3 is 9.67 Å². The van der Waals surface area contributed by atoms with Gasteiger partial charge in [-0.3, -0.25) is 14.3 Å². The Morgan fingerprint density at radius 2 is 1.96 bits per heavy atom. The van der Waals surface area contributed by atoms with E-state index >= 15 is 0 Å². The number of rotatable bonds is 7. The van der Waals surface area contributed by atoms with Gasteiger partial charge in [0, 0.05) is 37.2 Å². The summed E-state index contributed by atoms with van der Waals surface area (Å²) in [6.45, 7) is -0.306. The monoisotopic (exact) mass is 388 g/mol. The topological polar surface area (TPSA) is 90.0 Å². The van der Waals surface area contributed by atoms with E-state index in [4.69, 9.17) is 5.11 Å². The zero-order chi connectivity index (χ0) is 19.4. The van der Waals surface area contributed by atoms with E-state index < -0.39 is 11.5 Å². The van der Waals surface area contributed by atoms with Crippen LogP contribution in [0, 0.1) is 5.82 Å². The highest BCUT2D eigenvalue weighted by Gasteiger charge is 2.13. The third kappa shape index (κ3) is 5.04. The van der Waals surface area contributed by atoms with Crippen LogP contribution in [0.1, 0.15) is 16.7 Å². The molecular weight excluding hydrogens is 371 g/mol. The minimum Gasteiger partial charge on any atom is -0.480 e. The second-order valence-corrected chi connectivity index (χ2v) is 6.93. The molecule has 1 aromatic carbocycles. The van der Waals surface area contributed by atoms with E-state index in [1.165, 1.54) is 34.7 Å². The molecule has 0 radical (unpaired) electrons. The van der Waals surface area contributed by atoms with Crippen molar-refractivity contribution >= 4 is 17.7 Å². The summed E-state index contributed by atoms with van der Waals surface area (Å²) in [5, 5.41) is 13.5. The minimum absolute atomic E-state index is 0.306. The van der Waals surface area contributed by atoms with Crippen molar-refractivity contribution < 1.29 is 14.3 Å². The highest BCUT2D eigenvalue weighted by Crippen LogP contribution is 2.21. The molecule has 2 aromatic heterocycles. The van der Waals surface area contributed by atoms with Crippen molar-refractivity contribution in [3.8, 4) is 0 Å². The first-order valence-electron chi connectivity index (χ1n) is 8.07. The van der Waals surface area contributed by atoms with Gasteiger partial charge in [0.15, 0.2) is 5.16 Å². The van der Waals surface area contributed by atoms with Crippen LogP contribution in [0.25, 0.3) is 0 Å². The third-order valence-electron chi connectivity index (χ3n) is 3.77. The molecule has 27 heavy (non-hydrogen) atoms. The number of carbonyl (C=O) groups is 1. The Morgan fingerprint density at radius 1 is 1.22 bits per heavy atom. The van der Waals surface area contributed by atoms with Gasteiger partial charge in [-0.15, -0.1) is 0 Å². The summed E-state index contributed by atoms with van der Waals surface area (Å²) in [6.07, 6.45) is 5.29. The lowest BCUT2D eigenvalue weighted by molar-refractivity contribution is -0.137. The first-order valence-corrected chi connectivity index (χ1v) is 9.06. The van der Waals surface area contributed by atoms with E-state index in [0.29, 0.717) is 22.9 Å². The van der Waals surface area contributed by atoms with Crippen LogP contribution in [0.2, 0.25) is 0 Å². The Kier molecular flexibility index (Phi) is 5.70. The van der Waals surface area contributed by atoms with Gasteiger partial charge in [0.1, 0.15) is 12.4 Å². The fraction of sp³-hybridized carbons (Fsp3) is 0.222. The SMILES string of the molecule is Cn1cc(Cc2cn(CC(=O)O)c(SCc3ccc(F)cc3)nc2=O)cn1. The van der Waals surface area contributed by atoms with Crippen LogP contribution < -0.4 is 5.56 Å². The van der Waals surface area contributed by atoms with E-state index in [1.54, 1.807) is 36.3 Å². The number of thioether (sulfide) groups is 1. The molecule has 0 spiro atoms. The molecule has 0 unspecified atom stereocenters. The van der Waals surface area contributed by atoms with E-state index in [9.17, 15) is 14.0 Å². The zero-order valence-corrected chi connectivity index (χ0v) is 15.3. The maximum Gasteiger partial charge on any atom is 0.323 e. The van der Waals surface area contributed by atoms with Gasteiger partial charge in [-0.1, -0.05) is 23.9 Å². The number of aliphatic carboxylic acids is 1. The van der Waals surface area contributed by atoms with Gasteiger partial charge in [-0.25, -0.2) is 4.39 Å². The van der Waals surface area contributed by atoms with Crippen molar-refractivity contribution in [2.24, 2.45) is 7.05 Å². The molecule has 0 saturated carbocycles. The van der Waals surface area contributed by atoms with Crippen LogP contribution in [-0.4, -0.2) is 30.4 Å². The highest BCUT2D eigenvalue weighted by molar-refractivity contribution is 7.98. The van der Waals surface area contributed by atoms with E-state index in [0.717, 1.165) is 11.1 Å². The van der Waals surface area contributed by atoms with Gasteiger partial charge in [0.25, 0.3) is 5.56 Å². The van der Waals surface area contributed by atoms with E-state index in [1.807, 2.05) is 0 Å². The van der Waals surface area contributed by atoms with Crippen LogP contribution in [0.3, 0.4) is 0 Å². The van der Waals surface area contributed by atoms with Crippen molar-refractivity contribution in [1.29, 1.82) is 0 Å². The number of halogens is 1. The Labute approximate surface area is 158 Å². The normalized spacial score (nSPS) is 10.9. The summed E-state index contributed by atoms with van der Waals surface area (Å²) in [7, 11) is 1.78. The Hall–Kier alpha value is -2.94. The van der Waals surface area contributed by atoms with Gasteiger partial charge in [0.05, 0.1) is 6.20 Å². The van der Waals surface area contributed by atoms with Crippen LogP contribution >= 0.6 is 11.8 Å². The lowest BCUT2D eigenvalue weighted by Crippen LogP contribution is -2.22. The van der Waals surface area contributed by atoms with E-state index in [-0.39, 0.29) is 12.4 Å². The third-order valence-corrected chi connectivity index (χ3v) is 4.83. The first-order chi connectivity index (χ1) is 12.9. The lowest BCUT2D eigenvalue weighted by Gasteiger charge is -2.12. The second kappa shape index (κ2) is 8.17. The van der Waals surface area contributed by atoms with Crippen molar-refractivity contribution in [2.45, 2.75) is 23.9 Å². The maximum absolute atomic E-state index is 13.0. The summed E-state index contributed by atoms with van der Waals surface area (Å²) in [5.41, 5.74) is 1.68. The van der Waals surface area contributed by atoms with Crippen LogP contribution in [0.5, 0.6) is 0 Å². The number of aryl methyl sites for hydroxylation is 1. The van der Waals surface area contributed by atoms with Crippen molar-refractivity contribution in [1.82, 2.24) is 19.3 Å². The largest absolute Gasteiger partial charge is 0.480 e. The molecule has 0 bridgehead atoms. The predicted octanol–water partition coefficient (Wildman–Crippen LogP) is 2.08. The summed E-state index contributed by atoms with van der Waals surface area (Å²) < 4.78 is 16.1. The summed E-state index contributed by atoms with van der Waals surface area (Å²) in [5.74, 6) is -0.922. The summed E-state index contributed by atoms with van der Waals surface area (Å²) >= 11 is 1.23. The maximum atomic E-state index is 13.0. The van der Waals surface area contributed by atoms with Crippen molar-refractivity contribution in [2.75, 3.05) is 0 Å². The molecule has 7 nitrogen and oxygen atoms in total. The molecule has 3 aromatic rings. The van der Waals surface area contributed by atoms with Crippen molar-refractivity contribution in [3.05, 3.63) is 75.7 Å². The number of carboxylic acid groups (broad SMARTS) is 1. The number of hydrogen-bond donors (Lipinski definition) is 1. The number of hydrogen-bond acceptors (Lipinski definition) is 5. The molecule has 0 fully saturated rings. The number of nitrogens with zero attached hydrogens (tertiary/aromatic N) is 4. The number of aromatic nitrogens is 4. The van der Waals surface area contributed by atoms with Gasteiger partial charge in [-0.2, -0.15) is 10.1 Å². The summed E-state index contributed by atoms with van der Waals surface area (Å²) in [4.78, 5) is 27.7. The molecule has 2 heterocycles. The minimum atomic E-state index is -1.03. The van der Waals surface area contributed by atoms with Crippen LogP contribution in [0.4, 0.5) is 4.39 Å². The standard InChI is InChI=1S/C18H17FN4O3S/c1-22-8-13(7-20-22)6-14-9-23(10-16(24)25)18(21-17(14)26)27-11-12-2-4-15(19)5-3-12/h2-5,7-9H,6,10-11H2,1H3,(H,24,25). The molecule has 0 saturated heterocycles. The molecule has 9 heteroatoms. The quantitative estimate of drug-likeness (QED) is 0.492. The average Bonchev–Trinajstić information content (AvgIpc) is 3.02. The average molecular weight is 388 g/mol. The fourth-order valence-corrected chi connectivity index (χ4v) is 3.45. The second-order valence-electron chi connectivity index (χ2n) is 5.99. The molecule has 0 aliphatic heterocycles. The molecule has 0 aliphatic rings. The molecule has 0 aliphatic carbocycles. The molecule has 3 rings (SSSR count). The first kappa shape index (κ1) is 18.8. The Morgan fingerprint density at radius 3 is 2.59 bits per heavy atom. The molecular formula is C18H17FN4O3S. The van der Waals surface area contributed by atoms with Crippen LogP contribution in [-0.2, 0) is 30.6 Å². The van der Waals surface area contributed by atoms with Crippen molar-refractivity contribution in [3.63, 3.8) is 0 Å². The zero-order valence-electron chi connectivity index (χ0n) is 14.5. The Balaban J connectivity index is 1.85. The van der Waals surface area contributed by atoms with Crippen LogP contribution in [0.15, 0.2) is 52.8 Å². The lowest BCUT2D eigenvalue weighted by atomic mass is 10.1. The molecule has 0 amide bonds. The molecule has 1 N–H and O–H groups in total. The molecule has 0 atom stereocenters. The number of benzene rings is 1. The number of carboxylic acids is 1. The smallest absolute Gasteiger partial charge is 0.323 e.